The molecule has 0 radical (unpaired) electrons. The lowest BCUT2D eigenvalue weighted by molar-refractivity contribution is 0.0463. The van der Waals surface area contributed by atoms with Crippen molar-refractivity contribution < 1.29 is 14.2 Å². The smallest absolute Gasteiger partial charge is 0.0701 e. The van der Waals surface area contributed by atoms with Crippen molar-refractivity contribution in [3.8, 4) is 0 Å². The fourth-order valence-corrected chi connectivity index (χ4v) is 14.9. The van der Waals surface area contributed by atoms with Crippen LogP contribution in [0.15, 0.2) is 0 Å². The van der Waals surface area contributed by atoms with Crippen LogP contribution in [-0.4, -0.2) is 127 Å². The van der Waals surface area contributed by atoms with Crippen LogP contribution in [0.5, 0.6) is 0 Å². The summed E-state index contributed by atoms with van der Waals surface area (Å²) in [5.41, 5.74) is 0. The molecule has 0 aromatic heterocycles. The van der Waals surface area contributed by atoms with Gasteiger partial charge in [-0.2, -0.15) is 0 Å². The van der Waals surface area contributed by atoms with Gasteiger partial charge >= 0.3 is 0 Å². The summed E-state index contributed by atoms with van der Waals surface area (Å²) in [4.78, 5) is 2.44. The highest BCUT2D eigenvalue weighted by molar-refractivity contribution is 4.63. The Hall–Kier alpha value is -0.360. The van der Waals surface area contributed by atoms with E-state index < -0.39 is 0 Å². The maximum absolute atomic E-state index is 5.53. The molecule has 0 aromatic carbocycles. The molecule has 135 heavy (non-hydrogen) atoms. The van der Waals surface area contributed by atoms with Crippen molar-refractivity contribution in [3.05, 3.63) is 0 Å². The summed E-state index contributed by atoms with van der Waals surface area (Å²) < 4.78 is 16.4. The molecule has 0 unspecified atom stereocenters. The number of unbranched alkanes of at least 4 members (excludes halogenated alkanes) is 28. The van der Waals surface area contributed by atoms with Crippen molar-refractivity contribution in [1.82, 2.24) is 31.5 Å². The van der Waals surface area contributed by atoms with E-state index in [2.05, 4.69) is 315 Å². The Balaban J connectivity index is -0.000000161. The quantitative estimate of drug-likeness (QED) is 0.0382. The third-order valence-electron chi connectivity index (χ3n) is 24.3. The molecule has 0 heterocycles. The SMILES string of the molecule is CC(C)CCCCCC(C)C.CC(C)CCCCCCCC(C)C.CC(C)CCCCCCCCCC(C)C.CC(C)CCCCCCCCCNC(C)C.CC(C)CCCCCCCN(C)C(C)C.CC(C)CCCCCCCNC(C)C.CC(C)CCCCCNC(C)C.CC(C)CCCNC(C)C.CC(C)CCCOCCCC(C)C.CC(C)CCCOCCOCCNC(C)C. The summed E-state index contributed by atoms with van der Waals surface area (Å²) in [5.74, 6) is 12.2. The fraction of sp³-hybridized carbons (Fsp3) is 1.00. The van der Waals surface area contributed by atoms with Crippen LogP contribution in [0.25, 0.3) is 0 Å². The number of hydrogen-bond donors (Lipinski definition) is 5. The van der Waals surface area contributed by atoms with Crippen LogP contribution in [0.1, 0.15) is 617 Å². The molecule has 0 saturated heterocycles. The summed E-state index contributed by atoms with van der Waals surface area (Å²) in [7, 11) is 2.23. The van der Waals surface area contributed by atoms with E-state index >= 15 is 0 Å². The Labute approximate surface area is 862 Å². The Morgan fingerprint density at radius 1 is 0.141 bits per heavy atom. The molecule has 830 valence electrons. The van der Waals surface area contributed by atoms with E-state index in [0.717, 1.165) is 129 Å². The van der Waals surface area contributed by atoms with Crippen molar-refractivity contribution in [1.29, 1.82) is 0 Å². The summed E-state index contributed by atoms with van der Waals surface area (Å²) in [6.45, 7) is 103. The van der Waals surface area contributed by atoms with Gasteiger partial charge < -0.3 is 45.7 Å². The Morgan fingerprint density at radius 3 is 0.481 bits per heavy atom. The van der Waals surface area contributed by atoms with Crippen LogP contribution < -0.4 is 26.6 Å². The predicted octanol–water partition coefficient (Wildman–Crippen LogP) is 40.1. The summed E-state index contributed by atoms with van der Waals surface area (Å²) >= 11 is 0. The molecule has 0 aliphatic carbocycles. The first-order valence-electron chi connectivity index (χ1n) is 60.8. The highest BCUT2D eigenvalue weighted by atomic mass is 16.5. The number of ether oxygens (including phenoxy) is 3. The van der Waals surface area contributed by atoms with Gasteiger partial charge in [0.15, 0.2) is 0 Å². The molecule has 0 aromatic rings. The summed E-state index contributed by atoms with van der Waals surface area (Å²) in [5, 5.41) is 17.1. The second-order valence-corrected chi connectivity index (χ2v) is 49.3. The molecular weight excluding hydrogens is 1650 g/mol. The number of nitrogens with zero attached hydrogens (tertiary/aromatic N) is 1. The molecule has 9 nitrogen and oxygen atoms in total. The highest BCUT2D eigenvalue weighted by Gasteiger charge is 2.07. The molecule has 0 atom stereocenters. The van der Waals surface area contributed by atoms with Crippen molar-refractivity contribution in [2.75, 3.05) is 86.0 Å². The van der Waals surface area contributed by atoms with Crippen LogP contribution in [0, 0.1) is 82.9 Å². The van der Waals surface area contributed by atoms with E-state index in [-0.39, 0.29) is 0 Å². The molecule has 0 aliphatic rings. The van der Waals surface area contributed by atoms with Gasteiger partial charge in [-0.3, -0.25) is 0 Å². The lowest BCUT2D eigenvalue weighted by atomic mass is 10.0. The van der Waals surface area contributed by atoms with Crippen molar-refractivity contribution in [2.24, 2.45) is 82.9 Å². The first kappa shape index (κ1) is 155. The summed E-state index contributed by atoms with van der Waals surface area (Å²) in [6.07, 6.45) is 74.2. The minimum Gasteiger partial charge on any atom is -0.381 e. The van der Waals surface area contributed by atoms with Gasteiger partial charge in [-0.25, -0.2) is 0 Å². The van der Waals surface area contributed by atoms with Gasteiger partial charge in [0.25, 0.3) is 0 Å². The number of rotatable bonds is 84. The highest BCUT2D eigenvalue weighted by Crippen LogP contribution is 2.20. The first-order chi connectivity index (χ1) is 63.7. The van der Waals surface area contributed by atoms with Crippen molar-refractivity contribution >= 4 is 0 Å². The Bertz CT molecular complexity index is 1770. The van der Waals surface area contributed by atoms with Gasteiger partial charge in [0, 0.05) is 62.6 Å². The summed E-state index contributed by atoms with van der Waals surface area (Å²) in [6, 6.07) is 3.83. The maximum Gasteiger partial charge on any atom is 0.0701 e. The van der Waals surface area contributed by atoms with Gasteiger partial charge in [0.05, 0.1) is 19.8 Å². The standard InChI is InChI=1S/C15H33N.C15H32.C14H31N.C13H29NO2.C13H29N.C13H28.C12H26O.C11H25N.C11H24.C9H21N/c1-14(2)12-10-8-6-5-7-9-11-13-16-15(3)4;1-14(2)12-10-8-6-5-7-9-11-13-15(3)4;1-13(2)11-9-7-6-8-10-12-15(5)14(3)4;1-12(2)6-5-8-15-10-11-16-9-7-14-13(3)4;1-12(2)10-8-6-5-7-9-11-14-13(3)4;1-12(2)10-8-6-5-7-9-11-13(3)4;1-11(2)7-5-9-13-10-6-8-12(3)4;1-10(2)8-6-5-7-9-12-11(3)4;1-10(2)8-6-5-7-9-11(3)4;1-8(2)6-5-7-10-9(3)4/h14-16H,5-13H2,1-4H3;14-15H,5-13H2,1-4H3;13-14H,6-12H2,1-5H3;12-14H,5-11H2,1-4H3;12-14H,5-11H2,1-4H3;12-13H,5-11H2,1-4H3;11-12H,5-10H2,1-4H3;10-12H,5-9H2,1-4H3;10-11H,5-9H2,1-4H3;8-10H,5-7H2,1-4H3. The van der Waals surface area contributed by atoms with Crippen molar-refractivity contribution in [2.45, 2.75) is 654 Å². The largest absolute Gasteiger partial charge is 0.381 e. The van der Waals surface area contributed by atoms with E-state index in [9.17, 15) is 0 Å². The average Bonchev–Trinajstić information content (AvgIpc) is 1.01. The Morgan fingerprint density at radius 2 is 0.281 bits per heavy atom. The predicted molar refractivity (Wildman–Crippen MR) is 628 cm³/mol. The molecule has 5 N–H and O–H groups in total. The molecule has 9 heteroatoms. The van der Waals surface area contributed by atoms with Crippen LogP contribution >= 0.6 is 0 Å². The second kappa shape index (κ2) is 128. The third-order valence-corrected chi connectivity index (χ3v) is 24.3. The minimum absolute atomic E-state index is 0.538. The third kappa shape index (κ3) is 204. The zero-order chi connectivity index (χ0) is 105. The second-order valence-electron chi connectivity index (χ2n) is 49.3. The van der Waals surface area contributed by atoms with Gasteiger partial charge in [0.2, 0.25) is 0 Å². The zero-order valence-corrected chi connectivity index (χ0v) is 103. The van der Waals surface area contributed by atoms with Gasteiger partial charge in [-0.1, -0.05) is 526 Å². The van der Waals surface area contributed by atoms with E-state index in [1.807, 2.05) is 0 Å². The first-order valence-corrected chi connectivity index (χ1v) is 60.8. The topological polar surface area (TPSA) is 91.1 Å². The van der Waals surface area contributed by atoms with Crippen LogP contribution in [0.4, 0.5) is 0 Å². The van der Waals surface area contributed by atoms with E-state index in [1.54, 1.807) is 0 Å². The van der Waals surface area contributed by atoms with E-state index in [0.29, 0.717) is 42.9 Å². The number of nitrogens with one attached hydrogen (secondary N) is 5. The molecular formula is C126H278N6O3. The van der Waals surface area contributed by atoms with Gasteiger partial charge in [0.1, 0.15) is 0 Å². The van der Waals surface area contributed by atoms with E-state index in [1.165, 1.54) is 367 Å². The minimum atomic E-state index is 0.538. The zero-order valence-electron chi connectivity index (χ0n) is 103. The maximum atomic E-state index is 5.53. The monoisotopic (exact) mass is 1920 g/mol. The van der Waals surface area contributed by atoms with Crippen LogP contribution in [-0.2, 0) is 14.2 Å². The van der Waals surface area contributed by atoms with Gasteiger partial charge in [-0.15, -0.1) is 0 Å². The molecule has 0 spiro atoms. The van der Waals surface area contributed by atoms with Crippen LogP contribution in [0.2, 0.25) is 0 Å². The molecule has 0 rings (SSSR count). The Kier molecular flexibility index (Phi) is 147. The lowest BCUT2D eigenvalue weighted by Gasteiger charge is -2.20. The average molecular weight is 1930 g/mol. The molecule has 0 saturated carbocycles. The molecule has 0 fully saturated rings. The van der Waals surface area contributed by atoms with Crippen molar-refractivity contribution in [3.63, 3.8) is 0 Å². The van der Waals surface area contributed by atoms with Crippen LogP contribution in [0.3, 0.4) is 0 Å². The molecule has 0 bridgehead atoms. The fourth-order valence-electron chi connectivity index (χ4n) is 14.9. The number of hydrogen-bond acceptors (Lipinski definition) is 9. The van der Waals surface area contributed by atoms with Gasteiger partial charge in [-0.05, 0) is 214 Å². The normalized spacial score (nSPS) is 11.6. The van der Waals surface area contributed by atoms with E-state index in [4.69, 9.17) is 14.2 Å². The molecule has 0 aliphatic heterocycles. The lowest BCUT2D eigenvalue weighted by Crippen LogP contribution is -2.27. The molecule has 0 amide bonds.